The van der Waals surface area contributed by atoms with Gasteiger partial charge in [0, 0.05) is 12.7 Å². The van der Waals surface area contributed by atoms with Crippen molar-refractivity contribution in [3.05, 3.63) is 18.5 Å². The highest BCUT2D eigenvalue weighted by atomic mass is 16.5. The van der Waals surface area contributed by atoms with Crippen LogP contribution in [0.3, 0.4) is 0 Å². The number of nitrogens with one attached hydrogen (secondary N) is 1. The van der Waals surface area contributed by atoms with Gasteiger partial charge in [0.25, 0.3) is 5.91 Å². The highest BCUT2D eigenvalue weighted by Gasteiger charge is 2.36. The number of aromatic nitrogens is 1. The fraction of sp³-hybridized carbons (Fsp3) is 0.462. The second kappa shape index (κ2) is 5.18. The van der Waals surface area contributed by atoms with Crippen LogP contribution in [0.1, 0.15) is 12.8 Å². The minimum Gasteiger partial charge on any atom is -0.364 e. The molecular weight excluding hydrogens is 260 g/mol. The number of nitrogens with zero attached hydrogens (tertiary/aromatic N) is 2. The lowest BCUT2D eigenvalue weighted by molar-refractivity contribution is -0.130. The van der Waals surface area contributed by atoms with Crippen LogP contribution < -0.4 is 16.0 Å². The molecule has 3 heterocycles. The summed E-state index contributed by atoms with van der Waals surface area (Å²) < 4.78 is 5.61. The largest absolute Gasteiger partial charge is 0.364 e. The minimum atomic E-state index is -0.518. The molecule has 1 saturated heterocycles. The van der Waals surface area contributed by atoms with Crippen molar-refractivity contribution < 1.29 is 14.3 Å². The van der Waals surface area contributed by atoms with Crippen molar-refractivity contribution in [3.8, 4) is 0 Å². The summed E-state index contributed by atoms with van der Waals surface area (Å²) in [5.74, 6) is -0.421. The molecular formula is C13H16N4O3. The second-order valence-electron chi connectivity index (χ2n) is 4.93. The second-order valence-corrected chi connectivity index (χ2v) is 4.93. The van der Waals surface area contributed by atoms with Gasteiger partial charge < -0.3 is 15.8 Å². The topological polar surface area (TPSA) is 97.6 Å². The van der Waals surface area contributed by atoms with E-state index in [1.807, 2.05) is 0 Å². The smallest absolute Gasteiger partial charge is 0.256 e. The first-order chi connectivity index (χ1) is 9.69. The molecule has 0 bridgehead atoms. The first-order valence-electron chi connectivity index (χ1n) is 6.60. The van der Waals surface area contributed by atoms with E-state index in [4.69, 9.17) is 10.5 Å². The highest BCUT2D eigenvalue weighted by molar-refractivity contribution is 6.10. The molecule has 3 N–H and O–H groups in total. The van der Waals surface area contributed by atoms with Crippen molar-refractivity contribution in [1.82, 2.24) is 4.98 Å². The molecule has 2 atom stereocenters. The number of hydrogen-bond donors (Lipinski definition) is 2. The minimum absolute atomic E-state index is 0.00297. The molecule has 106 valence electrons. The molecule has 1 aromatic rings. The van der Waals surface area contributed by atoms with E-state index >= 15 is 0 Å². The van der Waals surface area contributed by atoms with E-state index in [-0.39, 0.29) is 24.5 Å². The lowest BCUT2D eigenvalue weighted by Gasteiger charge is -2.30. The number of carbonyl (C=O) groups excluding carboxylic acids is 2. The molecule has 7 heteroatoms. The standard InChI is InChI=1S/C13H16N4O3/c14-5-8-1-2-11(20-8)13(19)17-7-12(18)16-9-6-15-4-3-10(9)17/h3-4,6,8,11H,1-2,5,7,14H2,(H,16,18)/t8-,11+/m1/s1. The van der Waals surface area contributed by atoms with Crippen LogP contribution in [0, 0.1) is 0 Å². The van der Waals surface area contributed by atoms with Crippen LogP contribution in [-0.4, -0.2) is 42.1 Å². The molecule has 2 aliphatic rings. The highest BCUT2D eigenvalue weighted by Crippen LogP contribution is 2.30. The van der Waals surface area contributed by atoms with Crippen LogP contribution in [-0.2, 0) is 14.3 Å². The monoisotopic (exact) mass is 276 g/mol. The van der Waals surface area contributed by atoms with Gasteiger partial charge in [0.15, 0.2) is 0 Å². The van der Waals surface area contributed by atoms with Gasteiger partial charge in [-0.3, -0.25) is 19.5 Å². The van der Waals surface area contributed by atoms with Crippen molar-refractivity contribution in [3.63, 3.8) is 0 Å². The molecule has 0 spiro atoms. The summed E-state index contributed by atoms with van der Waals surface area (Å²) in [5.41, 5.74) is 6.75. The SMILES string of the molecule is NC[C@H]1CC[C@@H](C(=O)N2CC(=O)Nc3cnccc32)O1. The molecule has 0 radical (unpaired) electrons. The van der Waals surface area contributed by atoms with Crippen LogP contribution in [0.25, 0.3) is 0 Å². The molecule has 0 aliphatic carbocycles. The number of ether oxygens (including phenoxy) is 1. The number of pyridine rings is 1. The fourth-order valence-electron chi connectivity index (χ4n) is 2.57. The summed E-state index contributed by atoms with van der Waals surface area (Å²) in [6.45, 7) is 0.410. The fourth-order valence-corrected chi connectivity index (χ4v) is 2.57. The number of carbonyl (C=O) groups is 2. The third kappa shape index (κ3) is 2.25. The van der Waals surface area contributed by atoms with Crippen molar-refractivity contribution in [2.24, 2.45) is 5.73 Å². The average molecular weight is 276 g/mol. The Kier molecular flexibility index (Phi) is 3.37. The van der Waals surface area contributed by atoms with Crippen LogP contribution in [0.15, 0.2) is 18.5 Å². The lowest BCUT2D eigenvalue weighted by atomic mass is 10.1. The van der Waals surface area contributed by atoms with Crippen LogP contribution >= 0.6 is 0 Å². The lowest BCUT2D eigenvalue weighted by Crippen LogP contribution is -2.46. The molecule has 2 aliphatic heterocycles. The van der Waals surface area contributed by atoms with Gasteiger partial charge in [-0.05, 0) is 18.9 Å². The zero-order valence-electron chi connectivity index (χ0n) is 10.9. The van der Waals surface area contributed by atoms with Gasteiger partial charge in [-0.2, -0.15) is 0 Å². The van der Waals surface area contributed by atoms with E-state index in [1.165, 1.54) is 11.1 Å². The summed E-state index contributed by atoms with van der Waals surface area (Å²) >= 11 is 0. The zero-order chi connectivity index (χ0) is 14.1. The van der Waals surface area contributed by atoms with Gasteiger partial charge in [0.2, 0.25) is 5.91 Å². The molecule has 7 nitrogen and oxygen atoms in total. The number of hydrogen-bond acceptors (Lipinski definition) is 5. The van der Waals surface area contributed by atoms with Crippen molar-refractivity contribution in [2.75, 3.05) is 23.3 Å². The predicted molar refractivity (Wildman–Crippen MR) is 72.2 cm³/mol. The van der Waals surface area contributed by atoms with E-state index in [1.54, 1.807) is 12.3 Å². The maximum absolute atomic E-state index is 12.5. The van der Waals surface area contributed by atoms with Gasteiger partial charge in [0.1, 0.15) is 12.6 Å². The Labute approximate surface area is 116 Å². The number of rotatable bonds is 2. The normalized spacial score (nSPS) is 25.2. The van der Waals surface area contributed by atoms with E-state index in [0.29, 0.717) is 24.3 Å². The third-order valence-corrected chi connectivity index (χ3v) is 3.58. The Morgan fingerprint density at radius 1 is 1.55 bits per heavy atom. The average Bonchev–Trinajstić information content (AvgIpc) is 2.94. The molecule has 1 fully saturated rings. The van der Waals surface area contributed by atoms with Crippen molar-refractivity contribution in [1.29, 1.82) is 0 Å². The predicted octanol–water partition coefficient (Wildman–Crippen LogP) is -0.127. The van der Waals surface area contributed by atoms with E-state index in [0.717, 1.165) is 6.42 Å². The first kappa shape index (κ1) is 13.0. The van der Waals surface area contributed by atoms with Gasteiger partial charge in [-0.25, -0.2) is 0 Å². The molecule has 3 rings (SSSR count). The Hall–Kier alpha value is -1.99. The van der Waals surface area contributed by atoms with Crippen LogP contribution in [0.5, 0.6) is 0 Å². The van der Waals surface area contributed by atoms with Gasteiger partial charge in [0.05, 0.1) is 23.7 Å². The Bertz CT molecular complexity index is 548. The Balaban J connectivity index is 1.83. The summed E-state index contributed by atoms with van der Waals surface area (Å²) in [6.07, 6.45) is 3.95. The molecule has 20 heavy (non-hydrogen) atoms. The number of anilines is 2. The number of fused-ring (bicyclic) bond motifs is 1. The number of nitrogens with two attached hydrogens (primary N) is 1. The molecule has 0 saturated carbocycles. The Morgan fingerprint density at radius 2 is 2.40 bits per heavy atom. The van der Waals surface area contributed by atoms with E-state index < -0.39 is 6.10 Å². The van der Waals surface area contributed by atoms with Gasteiger partial charge in [-0.1, -0.05) is 0 Å². The van der Waals surface area contributed by atoms with Crippen molar-refractivity contribution >= 4 is 23.2 Å². The van der Waals surface area contributed by atoms with Crippen molar-refractivity contribution in [2.45, 2.75) is 25.0 Å². The molecule has 1 aromatic heterocycles. The summed E-state index contributed by atoms with van der Waals surface area (Å²) in [4.78, 5) is 29.6. The maximum atomic E-state index is 12.5. The molecule has 0 aromatic carbocycles. The third-order valence-electron chi connectivity index (χ3n) is 3.58. The van der Waals surface area contributed by atoms with Crippen LogP contribution in [0.2, 0.25) is 0 Å². The first-order valence-corrected chi connectivity index (χ1v) is 6.60. The maximum Gasteiger partial charge on any atom is 0.256 e. The number of amides is 2. The quantitative estimate of drug-likeness (QED) is 0.784. The Morgan fingerprint density at radius 3 is 3.15 bits per heavy atom. The zero-order valence-corrected chi connectivity index (χ0v) is 10.9. The van der Waals surface area contributed by atoms with Gasteiger partial charge >= 0.3 is 0 Å². The molecule has 0 unspecified atom stereocenters. The summed E-state index contributed by atoms with van der Waals surface area (Å²) in [5, 5.41) is 2.70. The van der Waals surface area contributed by atoms with E-state index in [2.05, 4.69) is 10.3 Å². The molecule has 2 amide bonds. The van der Waals surface area contributed by atoms with Crippen LogP contribution in [0.4, 0.5) is 11.4 Å². The summed E-state index contributed by atoms with van der Waals surface area (Å²) in [6, 6.07) is 1.71. The summed E-state index contributed by atoms with van der Waals surface area (Å²) in [7, 11) is 0. The van der Waals surface area contributed by atoms with E-state index in [9.17, 15) is 9.59 Å². The van der Waals surface area contributed by atoms with Gasteiger partial charge in [-0.15, -0.1) is 0 Å².